The summed E-state index contributed by atoms with van der Waals surface area (Å²) in [6.45, 7) is 7.31. The van der Waals surface area contributed by atoms with Gasteiger partial charge in [0.05, 0.1) is 5.69 Å². The van der Waals surface area contributed by atoms with E-state index in [1.807, 2.05) is 13.0 Å². The summed E-state index contributed by atoms with van der Waals surface area (Å²) in [4.78, 5) is 6.86. The van der Waals surface area contributed by atoms with Crippen LogP contribution in [0.5, 0.6) is 0 Å². The molecule has 3 heteroatoms. The van der Waals surface area contributed by atoms with Gasteiger partial charge in [0, 0.05) is 24.1 Å². The summed E-state index contributed by atoms with van der Waals surface area (Å²) < 4.78 is 0. The van der Waals surface area contributed by atoms with Crippen molar-refractivity contribution in [3.05, 3.63) is 29.6 Å². The normalized spacial score (nSPS) is 10.9. The first-order valence-corrected chi connectivity index (χ1v) is 6.09. The highest BCUT2D eigenvalue weighted by atomic mass is 79.9. The molecule has 0 unspecified atom stereocenters. The maximum atomic E-state index is 4.49. The Kier molecular flexibility index (Phi) is 5.12. The molecule has 0 spiro atoms. The van der Waals surface area contributed by atoms with E-state index in [0.717, 1.165) is 36.4 Å². The minimum atomic E-state index is 0.948. The molecule has 0 atom stereocenters. The molecule has 1 heterocycles. The minimum absolute atomic E-state index is 0.948. The Labute approximate surface area is 94.5 Å². The van der Waals surface area contributed by atoms with E-state index in [9.17, 15) is 0 Å². The second-order valence-corrected chi connectivity index (χ2v) is 4.12. The SMILES string of the molecule is CCN(CCBr)Cc1cccc(C)n1. The molecule has 1 rings (SSSR count). The fourth-order valence-electron chi connectivity index (χ4n) is 1.39. The Morgan fingerprint density at radius 2 is 2.21 bits per heavy atom. The van der Waals surface area contributed by atoms with Crippen molar-refractivity contribution in [2.24, 2.45) is 0 Å². The van der Waals surface area contributed by atoms with Gasteiger partial charge in [-0.05, 0) is 25.6 Å². The van der Waals surface area contributed by atoms with Crippen LogP contribution in [0.25, 0.3) is 0 Å². The standard InChI is InChI=1S/C11H17BrN2/c1-3-14(8-7-12)9-11-6-4-5-10(2)13-11/h4-6H,3,7-9H2,1-2H3. The van der Waals surface area contributed by atoms with E-state index in [4.69, 9.17) is 0 Å². The van der Waals surface area contributed by atoms with E-state index < -0.39 is 0 Å². The molecular weight excluding hydrogens is 240 g/mol. The van der Waals surface area contributed by atoms with E-state index in [-0.39, 0.29) is 0 Å². The van der Waals surface area contributed by atoms with Gasteiger partial charge in [0.1, 0.15) is 0 Å². The van der Waals surface area contributed by atoms with Gasteiger partial charge in [0.25, 0.3) is 0 Å². The van der Waals surface area contributed by atoms with Gasteiger partial charge in [-0.15, -0.1) is 0 Å². The molecule has 1 aromatic heterocycles. The molecule has 0 aliphatic rings. The predicted molar refractivity (Wildman–Crippen MR) is 63.7 cm³/mol. The van der Waals surface area contributed by atoms with Gasteiger partial charge >= 0.3 is 0 Å². The molecule has 14 heavy (non-hydrogen) atoms. The molecule has 0 bridgehead atoms. The van der Waals surface area contributed by atoms with E-state index in [1.54, 1.807) is 0 Å². The fraction of sp³-hybridized carbons (Fsp3) is 0.545. The smallest absolute Gasteiger partial charge is 0.0547 e. The quantitative estimate of drug-likeness (QED) is 0.754. The lowest BCUT2D eigenvalue weighted by molar-refractivity contribution is 0.295. The van der Waals surface area contributed by atoms with Crippen molar-refractivity contribution in [2.45, 2.75) is 20.4 Å². The van der Waals surface area contributed by atoms with Gasteiger partial charge < -0.3 is 0 Å². The van der Waals surface area contributed by atoms with Crippen LogP contribution >= 0.6 is 15.9 Å². The van der Waals surface area contributed by atoms with Crippen molar-refractivity contribution in [1.29, 1.82) is 0 Å². The average molecular weight is 257 g/mol. The summed E-state index contributed by atoms with van der Waals surface area (Å²) in [7, 11) is 0. The van der Waals surface area contributed by atoms with Crippen LogP contribution < -0.4 is 0 Å². The van der Waals surface area contributed by atoms with Gasteiger partial charge in [-0.25, -0.2) is 0 Å². The van der Waals surface area contributed by atoms with Gasteiger partial charge in [-0.3, -0.25) is 9.88 Å². The topological polar surface area (TPSA) is 16.1 Å². The molecule has 0 N–H and O–H groups in total. The predicted octanol–water partition coefficient (Wildman–Crippen LogP) is 2.61. The van der Waals surface area contributed by atoms with Crippen molar-refractivity contribution >= 4 is 15.9 Å². The van der Waals surface area contributed by atoms with E-state index in [2.05, 4.69) is 44.9 Å². The van der Waals surface area contributed by atoms with E-state index >= 15 is 0 Å². The van der Waals surface area contributed by atoms with Crippen molar-refractivity contribution in [3.63, 3.8) is 0 Å². The first-order valence-electron chi connectivity index (χ1n) is 4.97. The number of pyridine rings is 1. The monoisotopic (exact) mass is 256 g/mol. The first-order chi connectivity index (χ1) is 6.76. The molecule has 78 valence electrons. The largest absolute Gasteiger partial charge is 0.297 e. The van der Waals surface area contributed by atoms with Crippen molar-refractivity contribution in [1.82, 2.24) is 9.88 Å². The van der Waals surface area contributed by atoms with Crippen LogP contribution in [0.2, 0.25) is 0 Å². The summed E-state index contributed by atoms with van der Waals surface area (Å²) >= 11 is 3.46. The van der Waals surface area contributed by atoms with Crippen LogP contribution in [0, 0.1) is 6.92 Å². The number of aromatic nitrogens is 1. The third-order valence-electron chi connectivity index (χ3n) is 2.18. The molecule has 1 aromatic rings. The summed E-state index contributed by atoms with van der Waals surface area (Å²) in [6, 6.07) is 6.19. The van der Waals surface area contributed by atoms with E-state index in [1.165, 1.54) is 0 Å². The Morgan fingerprint density at radius 1 is 1.43 bits per heavy atom. The molecule has 0 fully saturated rings. The lowest BCUT2D eigenvalue weighted by Crippen LogP contribution is -2.25. The molecule has 2 nitrogen and oxygen atoms in total. The highest BCUT2D eigenvalue weighted by Crippen LogP contribution is 2.03. The zero-order chi connectivity index (χ0) is 10.4. The molecule has 0 radical (unpaired) electrons. The Morgan fingerprint density at radius 3 is 2.79 bits per heavy atom. The second kappa shape index (κ2) is 6.14. The third kappa shape index (κ3) is 3.76. The molecule has 0 saturated carbocycles. The number of hydrogen-bond acceptors (Lipinski definition) is 2. The van der Waals surface area contributed by atoms with Gasteiger partial charge in [0.2, 0.25) is 0 Å². The number of aryl methyl sites for hydroxylation is 1. The lowest BCUT2D eigenvalue weighted by atomic mass is 10.3. The molecule has 0 amide bonds. The molecule has 0 aliphatic heterocycles. The first kappa shape index (κ1) is 11.7. The van der Waals surface area contributed by atoms with Gasteiger partial charge in [-0.2, -0.15) is 0 Å². The zero-order valence-electron chi connectivity index (χ0n) is 8.83. The van der Waals surface area contributed by atoms with Crippen molar-refractivity contribution < 1.29 is 0 Å². The summed E-state index contributed by atoms with van der Waals surface area (Å²) in [6.07, 6.45) is 0. The summed E-state index contributed by atoms with van der Waals surface area (Å²) in [5, 5.41) is 1.02. The highest BCUT2D eigenvalue weighted by molar-refractivity contribution is 9.09. The Hall–Kier alpha value is -0.410. The van der Waals surface area contributed by atoms with Crippen molar-refractivity contribution in [3.8, 4) is 0 Å². The lowest BCUT2D eigenvalue weighted by Gasteiger charge is -2.18. The molecule has 0 saturated heterocycles. The molecular formula is C11H17BrN2. The van der Waals surface area contributed by atoms with Gasteiger partial charge in [0.15, 0.2) is 0 Å². The molecule has 0 aromatic carbocycles. The highest BCUT2D eigenvalue weighted by Gasteiger charge is 2.03. The van der Waals surface area contributed by atoms with Crippen LogP contribution in [0.4, 0.5) is 0 Å². The van der Waals surface area contributed by atoms with Crippen LogP contribution in [0.3, 0.4) is 0 Å². The summed E-state index contributed by atoms with van der Waals surface area (Å²) in [5.74, 6) is 0. The maximum Gasteiger partial charge on any atom is 0.0547 e. The average Bonchev–Trinajstić information content (AvgIpc) is 2.17. The Balaban J connectivity index is 2.57. The second-order valence-electron chi connectivity index (χ2n) is 3.33. The Bertz CT molecular complexity index is 276. The van der Waals surface area contributed by atoms with Crippen LogP contribution in [-0.4, -0.2) is 28.3 Å². The third-order valence-corrected chi connectivity index (χ3v) is 2.53. The van der Waals surface area contributed by atoms with Gasteiger partial charge in [-0.1, -0.05) is 28.9 Å². The number of nitrogens with zero attached hydrogens (tertiary/aromatic N) is 2. The van der Waals surface area contributed by atoms with E-state index in [0.29, 0.717) is 0 Å². The maximum absolute atomic E-state index is 4.49. The van der Waals surface area contributed by atoms with Crippen LogP contribution in [0.15, 0.2) is 18.2 Å². The molecule has 0 aliphatic carbocycles. The fourth-order valence-corrected chi connectivity index (χ4v) is 1.89. The number of hydrogen-bond donors (Lipinski definition) is 0. The number of alkyl halides is 1. The minimum Gasteiger partial charge on any atom is -0.297 e. The summed E-state index contributed by atoms with van der Waals surface area (Å²) in [5.41, 5.74) is 2.25. The number of halogens is 1. The zero-order valence-corrected chi connectivity index (χ0v) is 10.4. The van der Waals surface area contributed by atoms with Crippen LogP contribution in [-0.2, 0) is 6.54 Å². The number of rotatable bonds is 5. The van der Waals surface area contributed by atoms with Crippen LogP contribution in [0.1, 0.15) is 18.3 Å². The van der Waals surface area contributed by atoms with Crippen molar-refractivity contribution in [2.75, 3.05) is 18.4 Å².